The number of hydrogen-bond acceptors (Lipinski definition) is 3. The number of rotatable bonds is 3. The molecule has 0 saturated carbocycles. The summed E-state index contributed by atoms with van der Waals surface area (Å²) >= 11 is 0. The average molecular weight is 329 g/mol. The average Bonchev–Trinajstić information content (AvgIpc) is 1.63. The fraction of sp³-hybridized carbons (Fsp3) is 0.750. The van der Waals surface area contributed by atoms with Gasteiger partial charge in [-0.2, -0.15) is 0 Å². The van der Waals surface area contributed by atoms with E-state index < -0.39 is 24.8 Å². The van der Waals surface area contributed by atoms with Gasteiger partial charge < -0.3 is 47.8 Å². The zero-order chi connectivity index (χ0) is 7.44. The van der Waals surface area contributed by atoms with Crippen molar-refractivity contribution >= 4 is 5.97 Å². The second kappa shape index (κ2) is 29.5. The molecule has 0 amide bonds. The van der Waals surface area contributed by atoms with Crippen LogP contribution in [0.3, 0.4) is 0 Å². The molecule has 15 N–H and O–H groups in total. The second-order valence-electron chi connectivity index (χ2n) is 1.62. The minimum Gasteiger partial charge on any atom is -0.481 e. The molecular weight excluding hydrogens is 310 g/mol. The van der Waals surface area contributed by atoms with E-state index in [1.54, 1.807) is 0 Å². The molecule has 0 saturated heterocycles. The molecule has 0 unspecified atom stereocenters. The number of carboxylic acid groups (broad SMARTS) is 1. The van der Waals surface area contributed by atoms with Crippen LogP contribution in [0.25, 0.3) is 0 Å². The minimum atomic E-state index is -1.86. The third-order valence-electron chi connectivity index (χ3n) is 0.754. The van der Waals surface area contributed by atoms with E-state index in [4.69, 9.17) is 20.4 Å². The zero-order valence-corrected chi connectivity index (χ0v) is 10.8. The van der Waals surface area contributed by atoms with E-state index >= 15 is 0 Å². The van der Waals surface area contributed by atoms with Crippen LogP contribution in [0.1, 0.15) is 6.42 Å². The SMILES string of the molecule is O.O.O.O.O.O=C(O)C[C@H]([OH2+])C(O)O.[V].[V]. The molecule has 0 aromatic rings. The Balaban J connectivity index is -0.0000000152. The number of aliphatic hydroxyl groups is 2. The topological polar surface area (TPSA) is 258 Å². The maximum absolute atomic E-state index is 9.77. The molecule has 0 aromatic heterocycles. The third kappa shape index (κ3) is 36.7. The second-order valence-corrected chi connectivity index (χ2v) is 1.62. The molecule has 0 bridgehead atoms. The quantitative estimate of drug-likeness (QED) is 0.337. The Morgan fingerprint density at radius 3 is 1.31 bits per heavy atom. The number of aliphatic carboxylic acids is 1. The van der Waals surface area contributed by atoms with Gasteiger partial charge in [0.25, 0.3) is 0 Å². The van der Waals surface area contributed by atoms with Gasteiger partial charge >= 0.3 is 5.97 Å². The van der Waals surface area contributed by atoms with Crippen molar-refractivity contribution in [3.63, 3.8) is 0 Å². The van der Waals surface area contributed by atoms with E-state index in [2.05, 4.69) is 0 Å². The van der Waals surface area contributed by atoms with Crippen LogP contribution >= 0.6 is 0 Å². The Labute approximate surface area is 115 Å². The van der Waals surface area contributed by atoms with Crippen LogP contribution in [-0.2, 0) is 41.9 Å². The number of carbonyl (C=O) groups is 1. The van der Waals surface area contributed by atoms with Gasteiger partial charge in [-0.15, -0.1) is 0 Å². The van der Waals surface area contributed by atoms with Crippen LogP contribution in [0.5, 0.6) is 0 Å². The maximum atomic E-state index is 9.77. The summed E-state index contributed by atoms with van der Waals surface area (Å²) in [6.07, 6.45) is -3.75. The molecule has 2 radical (unpaired) electrons. The maximum Gasteiger partial charge on any atom is 0.311 e. The van der Waals surface area contributed by atoms with Gasteiger partial charge in [0.15, 0.2) is 0 Å². The van der Waals surface area contributed by atoms with Crippen molar-refractivity contribution < 1.29 is 89.7 Å². The van der Waals surface area contributed by atoms with Crippen molar-refractivity contribution in [2.45, 2.75) is 18.8 Å². The summed E-state index contributed by atoms with van der Waals surface area (Å²) in [6.45, 7) is 0. The molecule has 10 nitrogen and oxygen atoms in total. The van der Waals surface area contributed by atoms with Gasteiger partial charge in [0.05, 0.1) is 0 Å². The molecule has 16 heavy (non-hydrogen) atoms. The Bertz CT molecular complexity index is 111. The Morgan fingerprint density at radius 1 is 1.00 bits per heavy atom. The molecule has 0 fully saturated rings. The molecule has 12 heteroatoms. The molecule has 0 spiro atoms. The fourth-order valence-electron chi connectivity index (χ4n) is 0.294. The van der Waals surface area contributed by atoms with Gasteiger partial charge in [-0.1, -0.05) is 0 Å². The number of carboxylic acids is 1. The summed E-state index contributed by atoms with van der Waals surface area (Å²) in [5, 5.41) is 31.0. The van der Waals surface area contributed by atoms with Crippen LogP contribution in [0.15, 0.2) is 0 Å². The van der Waals surface area contributed by atoms with E-state index in [0.29, 0.717) is 0 Å². The molecule has 0 heterocycles. The predicted molar refractivity (Wildman–Crippen MR) is 45.9 cm³/mol. The van der Waals surface area contributed by atoms with Crippen LogP contribution < -0.4 is 0 Å². The minimum absolute atomic E-state index is 0. The summed E-state index contributed by atoms with van der Waals surface area (Å²) in [7, 11) is 0. The van der Waals surface area contributed by atoms with E-state index in [1.165, 1.54) is 0 Å². The van der Waals surface area contributed by atoms with Gasteiger partial charge in [-0.3, -0.25) is 4.79 Å². The summed E-state index contributed by atoms with van der Waals surface area (Å²) in [5.41, 5.74) is 0. The van der Waals surface area contributed by atoms with Crippen LogP contribution in [0.4, 0.5) is 0 Å². The Hall–Kier alpha value is 0.319. The molecule has 0 aliphatic heterocycles. The Morgan fingerprint density at radius 2 is 1.25 bits per heavy atom. The molecule has 0 aliphatic rings. The van der Waals surface area contributed by atoms with Crippen molar-refractivity contribution in [3.8, 4) is 0 Å². The molecule has 0 rings (SSSR count). The first-order valence-corrected chi connectivity index (χ1v) is 2.33. The largest absolute Gasteiger partial charge is 0.481 e. The summed E-state index contributed by atoms with van der Waals surface area (Å²) in [4.78, 5) is 9.77. The molecule has 104 valence electrons. The summed E-state index contributed by atoms with van der Waals surface area (Å²) in [5.74, 6) is -1.21. The van der Waals surface area contributed by atoms with E-state index in [0.717, 1.165) is 0 Å². The molecule has 0 aromatic carbocycles. The smallest absolute Gasteiger partial charge is 0.311 e. The Kier molecular flexibility index (Phi) is 102. The van der Waals surface area contributed by atoms with Gasteiger partial charge in [0, 0.05) is 37.1 Å². The van der Waals surface area contributed by atoms with Crippen molar-refractivity contribution in [3.05, 3.63) is 0 Å². The van der Waals surface area contributed by atoms with Crippen molar-refractivity contribution in [2.75, 3.05) is 0 Å². The van der Waals surface area contributed by atoms with Crippen molar-refractivity contribution in [2.24, 2.45) is 0 Å². The zero-order valence-electron chi connectivity index (χ0n) is 8.01. The van der Waals surface area contributed by atoms with Gasteiger partial charge in [0.2, 0.25) is 12.4 Å². The van der Waals surface area contributed by atoms with Gasteiger partial charge in [0.1, 0.15) is 6.42 Å². The summed E-state index contributed by atoms with van der Waals surface area (Å²) in [6, 6.07) is 0. The predicted octanol–water partition coefficient (Wildman–Crippen LogP) is -6.26. The first-order chi connectivity index (χ1) is 4.04. The third-order valence-corrected chi connectivity index (χ3v) is 0.754. The van der Waals surface area contributed by atoms with E-state index in [9.17, 15) is 4.79 Å². The number of aliphatic hydroxyl groups excluding tert-OH is 1. The van der Waals surface area contributed by atoms with Gasteiger partial charge in [-0.25, -0.2) is 0 Å². The van der Waals surface area contributed by atoms with Crippen LogP contribution in [0.2, 0.25) is 0 Å². The van der Waals surface area contributed by atoms with Gasteiger partial charge in [-0.05, 0) is 0 Å². The first-order valence-electron chi connectivity index (χ1n) is 2.33. The number of hydrogen-bond donors (Lipinski definition) is 3. The normalized spacial score (nSPS) is 7.75. The molecular formula is C4H19O10V2+. The molecule has 0 aliphatic carbocycles. The first kappa shape index (κ1) is 55.3. The molecule has 1 atom stereocenters. The van der Waals surface area contributed by atoms with Crippen LogP contribution in [-0.4, -0.2) is 66.2 Å². The van der Waals surface area contributed by atoms with E-state index in [-0.39, 0.29) is 64.5 Å². The summed E-state index contributed by atoms with van der Waals surface area (Å²) < 4.78 is 0. The van der Waals surface area contributed by atoms with Crippen LogP contribution in [0, 0.1) is 0 Å². The standard InChI is InChI=1S/C4H8O5.5H2O.2V/c5-2(4(8)9)1-3(6)7;;;;;;;/h2,4-5,8-9H,1H2,(H,6,7);5*1H2;;/p+1/t2-;;;;;;;/m0......./s1. The van der Waals surface area contributed by atoms with E-state index in [1.807, 2.05) is 0 Å². The monoisotopic (exact) mass is 329 g/mol. The van der Waals surface area contributed by atoms with Crippen molar-refractivity contribution in [1.29, 1.82) is 0 Å². The fourth-order valence-corrected chi connectivity index (χ4v) is 0.294. The van der Waals surface area contributed by atoms with Crippen molar-refractivity contribution in [1.82, 2.24) is 0 Å².